The highest BCUT2D eigenvalue weighted by atomic mass is 19.4. The smallest absolute Gasteiger partial charge is 0.437 e. The Labute approximate surface area is 110 Å². The Morgan fingerprint density at radius 1 is 1.05 bits per heavy atom. The minimum atomic E-state index is -5.21. The lowest BCUT2D eigenvalue weighted by Gasteiger charge is -2.11. The SMILES string of the molecule is Cc1ccc(N=C(/C(O)=C/C(F)(F)F)C(F)(F)F)cc1. The van der Waals surface area contributed by atoms with Crippen molar-refractivity contribution in [2.75, 3.05) is 0 Å². The number of aryl methyl sites for hydroxylation is 1. The molecule has 0 aromatic heterocycles. The van der Waals surface area contributed by atoms with Crippen LogP contribution < -0.4 is 0 Å². The molecule has 0 radical (unpaired) electrons. The fourth-order valence-corrected chi connectivity index (χ4v) is 1.24. The fraction of sp³-hybridized carbons (Fsp3) is 0.250. The molecule has 2 nitrogen and oxygen atoms in total. The third-order valence-corrected chi connectivity index (χ3v) is 2.09. The Hall–Kier alpha value is -1.99. The molecule has 0 aliphatic rings. The molecule has 0 aliphatic heterocycles. The minimum Gasteiger partial charge on any atom is -0.506 e. The molecular formula is C12H9F6NO. The number of nitrogens with zero attached hydrogens (tertiary/aromatic N) is 1. The second-order valence-electron chi connectivity index (χ2n) is 3.86. The summed E-state index contributed by atoms with van der Waals surface area (Å²) in [6, 6.07) is 5.28. The van der Waals surface area contributed by atoms with Crippen LogP contribution in [0.25, 0.3) is 0 Å². The predicted molar refractivity (Wildman–Crippen MR) is 61.1 cm³/mol. The zero-order chi connectivity index (χ0) is 15.6. The zero-order valence-electron chi connectivity index (χ0n) is 10.0. The first-order chi connectivity index (χ1) is 8.99. The average Bonchev–Trinajstić information content (AvgIpc) is 2.24. The van der Waals surface area contributed by atoms with E-state index in [9.17, 15) is 26.3 Å². The summed E-state index contributed by atoms with van der Waals surface area (Å²) in [5, 5.41) is 8.99. The van der Waals surface area contributed by atoms with E-state index in [1.807, 2.05) is 0 Å². The van der Waals surface area contributed by atoms with E-state index in [4.69, 9.17) is 5.11 Å². The molecule has 0 amide bonds. The zero-order valence-corrected chi connectivity index (χ0v) is 10.0. The van der Waals surface area contributed by atoms with Crippen LogP contribution in [0.1, 0.15) is 5.56 Å². The van der Waals surface area contributed by atoms with Crippen molar-refractivity contribution in [1.82, 2.24) is 0 Å². The lowest BCUT2D eigenvalue weighted by molar-refractivity contribution is -0.0825. The van der Waals surface area contributed by atoms with Gasteiger partial charge in [-0.3, -0.25) is 0 Å². The van der Waals surface area contributed by atoms with Crippen LogP contribution in [0.5, 0.6) is 0 Å². The van der Waals surface area contributed by atoms with E-state index in [-0.39, 0.29) is 5.69 Å². The number of aliphatic hydroxyl groups excluding tert-OH is 1. The van der Waals surface area contributed by atoms with Gasteiger partial charge in [0.05, 0.1) is 11.8 Å². The van der Waals surface area contributed by atoms with Gasteiger partial charge in [0.2, 0.25) is 0 Å². The maximum Gasteiger partial charge on any atom is 0.437 e. The van der Waals surface area contributed by atoms with Crippen LogP contribution in [0.3, 0.4) is 0 Å². The molecule has 8 heteroatoms. The van der Waals surface area contributed by atoms with Crippen molar-refractivity contribution in [1.29, 1.82) is 0 Å². The van der Waals surface area contributed by atoms with Crippen molar-refractivity contribution >= 4 is 11.4 Å². The molecule has 0 fully saturated rings. The Bertz CT molecular complexity index is 524. The summed E-state index contributed by atoms with van der Waals surface area (Å²) < 4.78 is 73.8. The molecule has 0 bridgehead atoms. The van der Waals surface area contributed by atoms with E-state index in [1.165, 1.54) is 24.3 Å². The maximum atomic E-state index is 12.6. The van der Waals surface area contributed by atoms with Crippen molar-refractivity contribution in [3.63, 3.8) is 0 Å². The van der Waals surface area contributed by atoms with Gasteiger partial charge in [0, 0.05) is 0 Å². The Morgan fingerprint density at radius 2 is 1.55 bits per heavy atom. The number of rotatable bonds is 2. The lowest BCUT2D eigenvalue weighted by Crippen LogP contribution is -2.26. The van der Waals surface area contributed by atoms with Gasteiger partial charge in [-0.2, -0.15) is 26.3 Å². The summed E-state index contributed by atoms with van der Waals surface area (Å²) in [7, 11) is 0. The summed E-state index contributed by atoms with van der Waals surface area (Å²) >= 11 is 0. The van der Waals surface area contributed by atoms with Crippen LogP contribution >= 0.6 is 0 Å². The fourth-order valence-electron chi connectivity index (χ4n) is 1.24. The van der Waals surface area contributed by atoms with E-state index < -0.39 is 29.9 Å². The first-order valence-corrected chi connectivity index (χ1v) is 5.20. The molecule has 1 aromatic rings. The Kier molecular flexibility index (Phi) is 4.46. The van der Waals surface area contributed by atoms with E-state index in [0.29, 0.717) is 0 Å². The van der Waals surface area contributed by atoms with Crippen LogP contribution in [0.4, 0.5) is 32.0 Å². The third kappa shape index (κ3) is 4.94. The maximum absolute atomic E-state index is 12.6. The van der Waals surface area contributed by atoms with Crippen LogP contribution in [0.15, 0.2) is 41.1 Å². The highest BCUT2D eigenvalue weighted by molar-refractivity contribution is 6.03. The molecule has 0 unspecified atom stereocenters. The molecule has 0 saturated carbocycles. The standard InChI is InChI=1S/C12H9F6NO/c1-7-2-4-8(5-3-7)19-10(12(16,17)18)9(20)6-11(13,14)15/h2-6,20H,1H3/b9-6-,19-10?. The van der Waals surface area contributed by atoms with Gasteiger partial charge in [-0.05, 0) is 19.1 Å². The molecule has 20 heavy (non-hydrogen) atoms. The second kappa shape index (κ2) is 5.56. The minimum absolute atomic E-state index is 0.218. The molecular weight excluding hydrogens is 288 g/mol. The Morgan fingerprint density at radius 3 is 1.95 bits per heavy atom. The summed E-state index contributed by atoms with van der Waals surface area (Å²) in [4.78, 5) is 3.03. The molecule has 0 spiro atoms. The monoisotopic (exact) mass is 297 g/mol. The van der Waals surface area contributed by atoms with Crippen molar-refractivity contribution in [3.8, 4) is 0 Å². The van der Waals surface area contributed by atoms with Crippen LogP contribution in [-0.4, -0.2) is 23.2 Å². The van der Waals surface area contributed by atoms with Gasteiger partial charge in [-0.15, -0.1) is 0 Å². The topological polar surface area (TPSA) is 32.6 Å². The first-order valence-electron chi connectivity index (χ1n) is 5.20. The molecule has 0 heterocycles. The number of halogens is 6. The van der Waals surface area contributed by atoms with Crippen molar-refractivity contribution < 1.29 is 31.4 Å². The number of aliphatic hydroxyl groups is 1. The van der Waals surface area contributed by atoms with E-state index in [2.05, 4.69) is 4.99 Å². The number of alkyl halides is 6. The number of aliphatic imine (C=N–C) groups is 1. The second-order valence-corrected chi connectivity index (χ2v) is 3.86. The molecule has 1 aromatic carbocycles. The number of hydrogen-bond acceptors (Lipinski definition) is 2. The van der Waals surface area contributed by atoms with Gasteiger partial charge in [-0.25, -0.2) is 4.99 Å². The number of allylic oxidation sites excluding steroid dienone is 2. The highest BCUT2D eigenvalue weighted by Crippen LogP contribution is 2.27. The molecule has 110 valence electrons. The highest BCUT2D eigenvalue weighted by Gasteiger charge is 2.40. The van der Waals surface area contributed by atoms with E-state index >= 15 is 0 Å². The van der Waals surface area contributed by atoms with E-state index in [0.717, 1.165) is 5.56 Å². The molecule has 0 atom stereocenters. The van der Waals surface area contributed by atoms with Gasteiger partial charge in [0.1, 0.15) is 0 Å². The summed E-state index contributed by atoms with van der Waals surface area (Å²) in [6.45, 7) is 1.68. The van der Waals surface area contributed by atoms with Crippen molar-refractivity contribution in [2.24, 2.45) is 4.99 Å². The predicted octanol–water partition coefficient (Wildman–Crippen LogP) is 4.63. The molecule has 0 aliphatic carbocycles. The Balaban J connectivity index is 3.27. The van der Waals surface area contributed by atoms with Gasteiger partial charge < -0.3 is 5.11 Å². The molecule has 1 N–H and O–H groups in total. The normalized spacial score (nSPS) is 14.6. The largest absolute Gasteiger partial charge is 0.506 e. The average molecular weight is 297 g/mol. The molecule has 0 saturated heterocycles. The molecule has 1 rings (SSSR count). The lowest BCUT2D eigenvalue weighted by atomic mass is 10.2. The van der Waals surface area contributed by atoms with Crippen LogP contribution in [0, 0.1) is 6.92 Å². The van der Waals surface area contributed by atoms with Gasteiger partial charge in [-0.1, -0.05) is 17.7 Å². The van der Waals surface area contributed by atoms with Gasteiger partial charge >= 0.3 is 12.4 Å². The first kappa shape index (κ1) is 16.1. The van der Waals surface area contributed by atoms with Gasteiger partial charge in [0.25, 0.3) is 0 Å². The van der Waals surface area contributed by atoms with E-state index in [1.54, 1.807) is 6.92 Å². The van der Waals surface area contributed by atoms with Gasteiger partial charge in [0.15, 0.2) is 11.5 Å². The summed E-state index contributed by atoms with van der Waals surface area (Å²) in [6.07, 6.45) is -11.1. The number of hydrogen-bond donors (Lipinski definition) is 1. The van der Waals surface area contributed by atoms with Crippen LogP contribution in [-0.2, 0) is 0 Å². The summed E-state index contributed by atoms with van der Waals surface area (Å²) in [5.74, 6) is -1.98. The third-order valence-electron chi connectivity index (χ3n) is 2.09. The number of benzene rings is 1. The van der Waals surface area contributed by atoms with Crippen molar-refractivity contribution in [3.05, 3.63) is 41.7 Å². The quantitative estimate of drug-likeness (QED) is 0.481. The van der Waals surface area contributed by atoms with Crippen LogP contribution in [0.2, 0.25) is 0 Å². The van der Waals surface area contributed by atoms with Crippen molar-refractivity contribution in [2.45, 2.75) is 19.3 Å². The summed E-state index contributed by atoms with van der Waals surface area (Å²) in [5.41, 5.74) is -1.48.